The number of aromatic nitrogens is 1. The van der Waals surface area contributed by atoms with Crippen molar-refractivity contribution in [3.05, 3.63) is 35.5 Å². The Labute approximate surface area is 143 Å². The van der Waals surface area contributed by atoms with Crippen LogP contribution in [0.15, 0.2) is 24.3 Å². The topological polar surface area (TPSA) is 77.5 Å². The van der Waals surface area contributed by atoms with E-state index in [2.05, 4.69) is 20.5 Å². The highest BCUT2D eigenvalue weighted by molar-refractivity contribution is 5.74. The van der Waals surface area contributed by atoms with Crippen LogP contribution in [0.5, 0.6) is 0 Å². The average Bonchev–Trinajstić information content (AvgIpc) is 3.25. The van der Waals surface area contributed by atoms with Gasteiger partial charge < -0.3 is 20.6 Å². The van der Waals surface area contributed by atoms with Gasteiger partial charge in [0.1, 0.15) is 5.82 Å². The molecule has 2 heterocycles. The Morgan fingerprint density at radius 1 is 1.33 bits per heavy atom. The lowest BCUT2D eigenvalue weighted by molar-refractivity contribution is 0.231. The highest BCUT2D eigenvalue weighted by Crippen LogP contribution is 2.23. The number of nitrogens with one attached hydrogen (secondary N) is 2. The van der Waals surface area contributed by atoms with E-state index in [9.17, 15) is 4.79 Å². The molecule has 2 aliphatic rings. The largest absolute Gasteiger partial charge is 0.396 e. The summed E-state index contributed by atoms with van der Waals surface area (Å²) in [6.45, 7) is 4.65. The van der Waals surface area contributed by atoms with E-state index in [-0.39, 0.29) is 24.6 Å². The lowest BCUT2D eigenvalue weighted by Crippen LogP contribution is -2.40. The lowest BCUT2D eigenvalue weighted by atomic mass is 10.1. The Morgan fingerprint density at radius 2 is 2.12 bits per heavy atom. The molecule has 1 aromatic rings. The second-order valence-electron chi connectivity index (χ2n) is 6.63. The van der Waals surface area contributed by atoms with Crippen LogP contribution in [-0.2, 0) is 6.54 Å². The van der Waals surface area contributed by atoms with Crippen LogP contribution in [0.1, 0.15) is 30.5 Å². The lowest BCUT2D eigenvalue weighted by Gasteiger charge is -2.21. The summed E-state index contributed by atoms with van der Waals surface area (Å²) in [5.41, 5.74) is 2.05. The molecule has 3 rings (SSSR count). The third kappa shape index (κ3) is 4.06. The molecule has 0 radical (unpaired) electrons. The van der Waals surface area contributed by atoms with Gasteiger partial charge in [0.15, 0.2) is 0 Å². The van der Waals surface area contributed by atoms with Crippen molar-refractivity contribution in [2.45, 2.75) is 38.8 Å². The number of rotatable bonds is 5. The molecule has 130 valence electrons. The smallest absolute Gasteiger partial charge is 0.315 e. The van der Waals surface area contributed by atoms with E-state index in [1.54, 1.807) is 0 Å². The van der Waals surface area contributed by atoms with Crippen LogP contribution in [-0.4, -0.2) is 41.9 Å². The predicted molar refractivity (Wildman–Crippen MR) is 93.9 cm³/mol. The molecule has 1 aliphatic carbocycles. The van der Waals surface area contributed by atoms with Crippen LogP contribution in [0.3, 0.4) is 0 Å². The zero-order chi connectivity index (χ0) is 16.9. The fraction of sp³-hybridized carbons (Fsp3) is 0.556. The second-order valence-corrected chi connectivity index (χ2v) is 6.63. The Hall–Kier alpha value is -2.08. The van der Waals surface area contributed by atoms with Crippen molar-refractivity contribution in [1.82, 2.24) is 15.6 Å². The summed E-state index contributed by atoms with van der Waals surface area (Å²) >= 11 is 0. The predicted octanol–water partition coefficient (Wildman–Crippen LogP) is 1.73. The van der Waals surface area contributed by atoms with Gasteiger partial charge in [-0.3, -0.25) is 0 Å². The third-order valence-electron chi connectivity index (χ3n) is 4.66. The monoisotopic (exact) mass is 330 g/mol. The quantitative estimate of drug-likeness (QED) is 0.719. The zero-order valence-electron chi connectivity index (χ0n) is 14.2. The number of aryl methyl sites for hydroxylation is 1. The number of anilines is 1. The second kappa shape index (κ2) is 7.66. The molecule has 1 aromatic heterocycles. The molecular weight excluding hydrogens is 304 g/mol. The number of carbonyl (C=O) groups excluding carboxylic acids is 1. The summed E-state index contributed by atoms with van der Waals surface area (Å²) in [6, 6.07) is 3.85. The summed E-state index contributed by atoms with van der Waals surface area (Å²) < 4.78 is 0. The first-order chi connectivity index (χ1) is 11.7. The molecule has 2 amide bonds. The molecule has 1 saturated heterocycles. The first-order valence-corrected chi connectivity index (χ1v) is 8.70. The van der Waals surface area contributed by atoms with Crippen molar-refractivity contribution >= 4 is 11.8 Å². The van der Waals surface area contributed by atoms with Crippen molar-refractivity contribution in [3.63, 3.8) is 0 Å². The molecule has 0 bridgehead atoms. The molecule has 6 nitrogen and oxygen atoms in total. The Morgan fingerprint density at radius 3 is 2.83 bits per heavy atom. The fourth-order valence-corrected chi connectivity index (χ4v) is 3.32. The SMILES string of the molecule is Cc1ccc(CNC(=O)N[C@@H]2C=C[C@H](CO)C2)c(N2CCCC2)n1. The van der Waals surface area contributed by atoms with E-state index in [1.165, 1.54) is 12.8 Å². The summed E-state index contributed by atoms with van der Waals surface area (Å²) in [5.74, 6) is 1.15. The number of pyridine rings is 1. The molecule has 0 aromatic carbocycles. The number of urea groups is 1. The van der Waals surface area contributed by atoms with Gasteiger partial charge in [0.25, 0.3) is 0 Å². The highest BCUT2D eigenvalue weighted by Gasteiger charge is 2.20. The van der Waals surface area contributed by atoms with Crippen LogP contribution in [0.2, 0.25) is 0 Å². The average molecular weight is 330 g/mol. The number of hydrogen-bond acceptors (Lipinski definition) is 4. The van der Waals surface area contributed by atoms with Crippen molar-refractivity contribution in [2.24, 2.45) is 5.92 Å². The molecule has 24 heavy (non-hydrogen) atoms. The fourth-order valence-electron chi connectivity index (χ4n) is 3.32. The van der Waals surface area contributed by atoms with E-state index < -0.39 is 0 Å². The van der Waals surface area contributed by atoms with Gasteiger partial charge in [0.05, 0.1) is 0 Å². The minimum Gasteiger partial charge on any atom is -0.396 e. The number of carbonyl (C=O) groups is 1. The summed E-state index contributed by atoms with van der Waals surface area (Å²) in [4.78, 5) is 19.1. The van der Waals surface area contributed by atoms with E-state index in [0.29, 0.717) is 6.54 Å². The van der Waals surface area contributed by atoms with Gasteiger partial charge in [-0.15, -0.1) is 0 Å². The molecule has 6 heteroatoms. The van der Waals surface area contributed by atoms with E-state index in [0.717, 1.165) is 36.6 Å². The highest BCUT2D eigenvalue weighted by atomic mass is 16.3. The Kier molecular flexibility index (Phi) is 5.35. The molecule has 3 N–H and O–H groups in total. The zero-order valence-corrected chi connectivity index (χ0v) is 14.2. The van der Waals surface area contributed by atoms with Crippen LogP contribution in [0.4, 0.5) is 10.6 Å². The number of amides is 2. The van der Waals surface area contributed by atoms with Gasteiger partial charge >= 0.3 is 6.03 Å². The molecule has 0 saturated carbocycles. The van der Waals surface area contributed by atoms with Gasteiger partial charge in [0.2, 0.25) is 0 Å². The van der Waals surface area contributed by atoms with Crippen molar-refractivity contribution in [3.8, 4) is 0 Å². The van der Waals surface area contributed by atoms with Crippen LogP contribution in [0.25, 0.3) is 0 Å². The van der Waals surface area contributed by atoms with Crippen LogP contribution >= 0.6 is 0 Å². The van der Waals surface area contributed by atoms with E-state index in [1.807, 2.05) is 31.2 Å². The van der Waals surface area contributed by atoms with E-state index in [4.69, 9.17) is 5.11 Å². The standard InChI is InChI=1S/C18H26N4O2/c1-13-4-6-15(17(20-13)22-8-2-3-9-22)11-19-18(24)21-16-7-5-14(10-16)12-23/h4-7,14,16,23H,2-3,8-12H2,1H3,(H2,19,21,24)/t14-,16+/m0/s1. The normalized spacial score (nSPS) is 22.8. The van der Waals surface area contributed by atoms with E-state index >= 15 is 0 Å². The van der Waals surface area contributed by atoms with Gasteiger partial charge in [-0.2, -0.15) is 0 Å². The first-order valence-electron chi connectivity index (χ1n) is 8.70. The molecule has 0 unspecified atom stereocenters. The van der Waals surface area contributed by atoms with Gasteiger partial charge in [0, 0.05) is 49.5 Å². The first kappa shape index (κ1) is 16.8. The minimum absolute atomic E-state index is 0.00338. The maximum absolute atomic E-state index is 12.1. The summed E-state index contributed by atoms with van der Waals surface area (Å²) in [5, 5.41) is 15.0. The number of aliphatic hydroxyl groups is 1. The molecule has 1 aliphatic heterocycles. The van der Waals surface area contributed by atoms with Gasteiger partial charge in [-0.05, 0) is 32.3 Å². The molecule has 0 spiro atoms. The van der Waals surface area contributed by atoms with Crippen LogP contribution < -0.4 is 15.5 Å². The third-order valence-corrected chi connectivity index (χ3v) is 4.66. The molecule has 2 atom stereocenters. The molecule has 1 fully saturated rings. The van der Waals surface area contributed by atoms with Crippen molar-refractivity contribution < 1.29 is 9.90 Å². The Balaban J connectivity index is 1.56. The van der Waals surface area contributed by atoms with Gasteiger partial charge in [-0.25, -0.2) is 9.78 Å². The summed E-state index contributed by atoms with van der Waals surface area (Å²) in [7, 11) is 0. The number of aliphatic hydroxyl groups excluding tert-OH is 1. The number of hydrogen-bond donors (Lipinski definition) is 3. The maximum Gasteiger partial charge on any atom is 0.315 e. The maximum atomic E-state index is 12.1. The van der Waals surface area contributed by atoms with Crippen LogP contribution in [0, 0.1) is 12.8 Å². The van der Waals surface area contributed by atoms with Crippen molar-refractivity contribution in [1.29, 1.82) is 0 Å². The van der Waals surface area contributed by atoms with Gasteiger partial charge in [-0.1, -0.05) is 18.2 Å². The molecular formula is C18H26N4O2. The van der Waals surface area contributed by atoms with Crippen molar-refractivity contribution in [2.75, 3.05) is 24.6 Å². The summed E-state index contributed by atoms with van der Waals surface area (Å²) in [6.07, 6.45) is 7.06. The Bertz CT molecular complexity index is 611. The minimum atomic E-state index is -0.184. The number of nitrogens with zero attached hydrogens (tertiary/aromatic N) is 2.